The van der Waals surface area contributed by atoms with Crippen LogP contribution in [-0.2, 0) is 27.4 Å². The summed E-state index contributed by atoms with van der Waals surface area (Å²) < 4.78 is 7.24. The smallest absolute Gasteiger partial charge is 0.243 e. The summed E-state index contributed by atoms with van der Waals surface area (Å²) in [5.74, 6) is 0.189. The number of ether oxygens (including phenoxy) is 1. The second-order valence-electron chi connectivity index (χ2n) is 13.4. The van der Waals surface area contributed by atoms with E-state index in [1.807, 2.05) is 55.5 Å². The fourth-order valence-electron chi connectivity index (χ4n) is 6.73. The number of para-hydroxylation sites is 1. The lowest BCUT2D eigenvalue weighted by Gasteiger charge is -2.28. The van der Waals surface area contributed by atoms with Crippen LogP contribution in [0, 0.1) is 6.92 Å². The van der Waals surface area contributed by atoms with Crippen molar-refractivity contribution in [2.75, 3.05) is 33.2 Å². The molecular weight excluding hydrogens is 720 g/mol. The predicted molar refractivity (Wildman–Crippen MR) is 207 cm³/mol. The molecule has 52 heavy (non-hydrogen) atoms. The zero-order chi connectivity index (χ0) is 36.6. The molecule has 278 valence electrons. The molecule has 0 spiro atoms. The van der Waals surface area contributed by atoms with Gasteiger partial charge < -0.3 is 36.4 Å². The molecule has 2 fully saturated rings. The van der Waals surface area contributed by atoms with Gasteiger partial charge in [-0.25, -0.2) is 9.97 Å². The second-order valence-corrected chi connectivity index (χ2v) is 16.1. The zero-order valence-electron chi connectivity index (χ0n) is 29.5. The number of aliphatic hydroxyl groups excluding tert-OH is 1. The lowest BCUT2D eigenvalue weighted by Crippen LogP contribution is -2.50. The number of likely N-dealkylation sites (tertiary alicyclic amines) is 1. The molecular formula is C37H47ClN8O4S2. The molecule has 1 unspecified atom stereocenters. The number of halogens is 1. The average Bonchev–Trinajstić information content (AvgIpc) is 3.89. The van der Waals surface area contributed by atoms with Crippen molar-refractivity contribution in [1.82, 2.24) is 30.8 Å². The van der Waals surface area contributed by atoms with Crippen LogP contribution in [0.2, 0.25) is 5.02 Å². The number of nitrogens with zero attached hydrogens (tertiary/aromatic N) is 4. The minimum atomic E-state index is -1.06. The fraction of sp³-hybridized carbons (Fsp3) is 0.486. The number of aryl methyl sites for hydroxylation is 1. The van der Waals surface area contributed by atoms with Crippen molar-refractivity contribution >= 4 is 62.3 Å². The number of hydrogen-bond acceptors (Lipinski definition) is 10. The van der Waals surface area contributed by atoms with Crippen LogP contribution in [0.4, 0.5) is 0 Å². The number of amides is 2. The Hall–Kier alpha value is -3.66. The number of thiazole rings is 2. The molecule has 0 aliphatic carbocycles. The predicted octanol–water partition coefficient (Wildman–Crippen LogP) is 4.44. The summed E-state index contributed by atoms with van der Waals surface area (Å²) >= 11 is 9.15. The standard InChI is InChI=1S/C37H47ClN8O4S2/c1-22-29(45-35(51-22)24-13-16-41-17-14-24)19-32(47)46-20-26(50-21-23-9-11-25(38)12-10-23)18-30(46)34(49)43-28(7-5-15-42-37(39)40-2)33(48)36-44-27-6-3-4-8-31(27)52-36/h3-4,6,8-12,24,26,28,30,33,41,48H,5,7,13-21H2,1-2H3,(H,43,49)(H3,39,40,42)/t26-,28+,30+,33?/m1/s1. The fourth-order valence-corrected chi connectivity index (χ4v) is 8.99. The highest BCUT2D eigenvalue weighted by atomic mass is 35.5. The molecule has 0 bridgehead atoms. The van der Waals surface area contributed by atoms with E-state index in [1.165, 1.54) is 11.3 Å². The van der Waals surface area contributed by atoms with E-state index in [2.05, 4.69) is 25.9 Å². The highest BCUT2D eigenvalue weighted by molar-refractivity contribution is 7.18. The van der Waals surface area contributed by atoms with E-state index in [0.29, 0.717) is 54.3 Å². The summed E-state index contributed by atoms with van der Waals surface area (Å²) in [6.07, 6.45) is 2.06. The summed E-state index contributed by atoms with van der Waals surface area (Å²) in [5, 5.41) is 23.4. The SMILES string of the molecule is CN=C(N)NCCC[C@H](NC(=O)[C@@H]1C[C@@H](OCc2ccc(Cl)cc2)CN1C(=O)Cc1nc(C2CCNCC2)sc1C)C(O)c1nc2ccccc2s1. The highest BCUT2D eigenvalue weighted by Crippen LogP contribution is 2.33. The Bertz CT molecular complexity index is 1810. The number of rotatable bonds is 14. The van der Waals surface area contributed by atoms with Gasteiger partial charge in [0.25, 0.3) is 0 Å². The minimum Gasteiger partial charge on any atom is -0.384 e. The van der Waals surface area contributed by atoms with Crippen LogP contribution in [0.25, 0.3) is 10.2 Å². The van der Waals surface area contributed by atoms with Crippen LogP contribution in [0.5, 0.6) is 0 Å². The maximum Gasteiger partial charge on any atom is 0.243 e. The number of aromatic nitrogens is 2. The van der Waals surface area contributed by atoms with Crippen LogP contribution in [-0.4, -0.2) is 89.2 Å². The monoisotopic (exact) mass is 766 g/mol. The molecule has 15 heteroatoms. The molecule has 2 aromatic carbocycles. The summed E-state index contributed by atoms with van der Waals surface area (Å²) in [6, 6.07) is 13.6. The van der Waals surface area contributed by atoms with Crippen molar-refractivity contribution in [2.45, 2.75) is 82.3 Å². The molecule has 6 rings (SSSR count). The summed E-state index contributed by atoms with van der Waals surface area (Å²) in [5.41, 5.74) is 8.32. The van der Waals surface area contributed by atoms with Gasteiger partial charge in [-0.2, -0.15) is 0 Å². The molecule has 2 aliphatic rings. The first-order valence-electron chi connectivity index (χ1n) is 17.8. The van der Waals surface area contributed by atoms with Gasteiger partial charge in [-0.1, -0.05) is 35.9 Å². The van der Waals surface area contributed by atoms with E-state index in [4.69, 9.17) is 27.1 Å². The van der Waals surface area contributed by atoms with E-state index >= 15 is 0 Å². The van der Waals surface area contributed by atoms with E-state index in [0.717, 1.165) is 57.3 Å². The third kappa shape index (κ3) is 9.65. The topological polar surface area (TPSA) is 167 Å². The Morgan fingerprint density at radius 2 is 1.92 bits per heavy atom. The molecule has 2 saturated heterocycles. The Morgan fingerprint density at radius 1 is 1.15 bits per heavy atom. The van der Waals surface area contributed by atoms with Gasteiger partial charge in [-0.05, 0) is 75.5 Å². The maximum absolute atomic E-state index is 14.3. The molecule has 12 nitrogen and oxygen atoms in total. The van der Waals surface area contributed by atoms with Gasteiger partial charge in [-0.15, -0.1) is 22.7 Å². The summed E-state index contributed by atoms with van der Waals surface area (Å²) in [6.45, 7) is 5.03. The number of guanidine groups is 1. The first-order chi connectivity index (χ1) is 25.2. The first-order valence-corrected chi connectivity index (χ1v) is 19.8. The van der Waals surface area contributed by atoms with E-state index in [-0.39, 0.29) is 30.9 Å². The van der Waals surface area contributed by atoms with Gasteiger partial charge in [0.2, 0.25) is 11.8 Å². The number of carbonyl (C=O) groups is 2. The zero-order valence-corrected chi connectivity index (χ0v) is 31.9. The van der Waals surface area contributed by atoms with Crippen molar-refractivity contribution in [2.24, 2.45) is 10.7 Å². The van der Waals surface area contributed by atoms with Crippen LogP contribution >= 0.6 is 34.3 Å². The Balaban J connectivity index is 1.20. The number of piperidine rings is 1. The third-order valence-electron chi connectivity index (χ3n) is 9.71. The second kappa shape index (κ2) is 17.9. The van der Waals surface area contributed by atoms with Crippen LogP contribution in [0.3, 0.4) is 0 Å². The van der Waals surface area contributed by atoms with Gasteiger partial charge in [-0.3, -0.25) is 14.6 Å². The molecule has 4 heterocycles. The van der Waals surface area contributed by atoms with Gasteiger partial charge in [0.05, 0.1) is 46.1 Å². The van der Waals surface area contributed by atoms with Crippen LogP contribution in [0.15, 0.2) is 53.5 Å². The number of fused-ring (bicyclic) bond motifs is 1. The molecule has 2 aliphatic heterocycles. The summed E-state index contributed by atoms with van der Waals surface area (Å²) in [7, 11) is 1.60. The third-order valence-corrected chi connectivity index (χ3v) is 12.2. The Morgan fingerprint density at radius 3 is 2.67 bits per heavy atom. The Labute approximate surface area is 317 Å². The number of carbonyl (C=O) groups excluding carboxylic acids is 2. The van der Waals surface area contributed by atoms with E-state index < -0.39 is 18.2 Å². The van der Waals surface area contributed by atoms with Crippen molar-refractivity contribution in [3.05, 3.63) is 79.7 Å². The molecule has 0 radical (unpaired) electrons. The molecule has 4 aromatic rings. The lowest BCUT2D eigenvalue weighted by atomic mass is 9.99. The largest absolute Gasteiger partial charge is 0.384 e. The summed E-state index contributed by atoms with van der Waals surface area (Å²) in [4.78, 5) is 44.6. The van der Waals surface area contributed by atoms with Crippen molar-refractivity contribution in [3.8, 4) is 0 Å². The van der Waals surface area contributed by atoms with Crippen molar-refractivity contribution in [3.63, 3.8) is 0 Å². The highest BCUT2D eigenvalue weighted by Gasteiger charge is 2.41. The number of hydrogen-bond donors (Lipinski definition) is 5. The van der Waals surface area contributed by atoms with E-state index in [1.54, 1.807) is 23.3 Å². The van der Waals surface area contributed by atoms with Crippen molar-refractivity contribution in [1.29, 1.82) is 0 Å². The van der Waals surface area contributed by atoms with Crippen LogP contribution in [0.1, 0.15) is 70.3 Å². The average molecular weight is 767 g/mol. The maximum atomic E-state index is 14.3. The molecule has 2 aromatic heterocycles. The number of nitrogens with two attached hydrogens (primary N) is 1. The minimum absolute atomic E-state index is 0.102. The number of benzene rings is 2. The molecule has 2 amide bonds. The van der Waals surface area contributed by atoms with Gasteiger partial charge in [0.1, 0.15) is 17.2 Å². The van der Waals surface area contributed by atoms with E-state index in [9.17, 15) is 14.7 Å². The number of nitrogens with one attached hydrogen (secondary N) is 3. The number of aliphatic hydroxyl groups is 1. The van der Waals surface area contributed by atoms with Gasteiger partial charge >= 0.3 is 0 Å². The molecule has 4 atom stereocenters. The van der Waals surface area contributed by atoms with Gasteiger partial charge in [0, 0.05) is 42.4 Å². The Kier molecular flexibility index (Phi) is 13.1. The van der Waals surface area contributed by atoms with Gasteiger partial charge in [0.15, 0.2) is 5.96 Å². The quantitative estimate of drug-likeness (QED) is 0.0709. The molecule has 6 N–H and O–H groups in total. The van der Waals surface area contributed by atoms with Crippen molar-refractivity contribution < 1.29 is 19.4 Å². The van der Waals surface area contributed by atoms with Crippen LogP contribution < -0.4 is 21.7 Å². The molecule has 0 saturated carbocycles. The normalized spacial score (nSPS) is 19.5. The number of aliphatic imine (C=N–C) groups is 1. The lowest BCUT2D eigenvalue weighted by molar-refractivity contribution is -0.138. The first kappa shape index (κ1) is 38.1.